The number of carbonyl (C=O) groups is 1. The lowest BCUT2D eigenvalue weighted by atomic mass is 10.1. The number of hydrogen-bond donors (Lipinski definition) is 1. The van der Waals surface area contributed by atoms with Gasteiger partial charge in [-0.05, 0) is 31.0 Å². The fraction of sp³-hybridized carbons (Fsp3) is 0.278. The lowest BCUT2D eigenvalue weighted by Crippen LogP contribution is -2.23. The normalized spacial score (nSPS) is 10.1. The minimum Gasteiger partial charge on any atom is -0.494 e. The smallest absolute Gasteiger partial charge is 0.220 e. The molecule has 21 heavy (non-hydrogen) atoms. The van der Waals surface area contributed by atoms with Crippen LogP contribution in [0.15, 0.2) is 54.6 Å². The Bertz CT molecular complexity index is 566. The summed E-state index contributed by atoms with van der Waals surface area (Å²) < 4.78 is 5.55. The van der Waals surface area contributed by atoms with E-state index in [1.54, 1.807) is 0 Å². The fourth-order valence-electron chi connectivity index (χ4n) is 2.05. The summed E-state index contributed by atoms with van der Waals surface area (Å²) in [6.45, 7) is 3.19. The number of para-hydroxylation sites is 1. The molecular weight excluding hydrogens is 262 g/mol. The average Bonchev–Trinajstić information content (AvgIpc) is 2.51. The van der Waals surface area contributed by atoms with Gasteiger partial charge >= 0.3 is 0 Å². The Kier molecular flexibility index (Phi) is 5.83. The van der Waals surface area contributed by atoms with Gasteiger partial charge in [-0.15, -0.1) is 0 Å². The van der Waals surface area contributed by atoms with E-state index in [0.29, 0.717) is 26.0 Å². The van der Waals surface area contributed by atoms with Crippen molar-refractivity contribution in [1.82, 2.24) is 5.32 Å². The molecule has 0 saturated heterocycles. The van der Waals surface area contributed by atoms with Crippen molar-refractivity contribution in [3.8, 4) is 5.75 Å². The Hall–Kier alpha value is -2.29. The second-order valence-corrected chi connectivity index (χ2v) is 5.03. The molecule has 0 bridgehead atoms. The zero-order valence-corrected chi connectivity index (χ0v) is 12.3. The fourth-order valence-corrected chi connectivity index (χ4v) is 2.05. The van der Waals surface area contributed by atoms with E-state index in [-0.39, 0.29) is 5.91 Å². The molecule has 2 aromatic rings. The van der Waals surface area contributed by atoms with Crippen molar-refractivity contribution in [2.24, 2.45) is 0 Å². The van der Waals surface area contributed by atoms with Crippen molar-refractivity contribution >= 4 is 5.91 Å². The van der Waals surface area contributed by atoms with E-state index in [9.17, 15) is 4.79 Å². The number of ether oxygens (including phenoxy) is 1. The number of aryl methyl sites for hydroxylation is 1. The van der Waals surface area contributed by atoms with Gasteiger partial charge in [0, 0.05) is 13.0 Å². The molecule has 0 unspecified atom stereocenters. The van der Waals surface area contributed by atoms with E-state index < -0.39 is 0 Å². The highest BCUT2D eigenvalue weighted by Crippen LogP contribution is 2.09. The zero-order valence-electron chi connectivity index (χ0n) is 12.3. The second-order valence-electron chi connectivity index (χ2n) is 5.03. The summed E-state index contributed by atoms with van der Waals surface area (Å²) in [6.07, 6.45) is 1.20. The van der Waals surface area contributed by atoms with E-state index in [0.717, 1.165) is 11.3 Å². The molecular formula is C18H21NO2. The number of rotatable bonds is 7. The summed E-state index contributed by atoms with van der Waals surface area (Å²) in [5.74, 6) is 0.908. The van der Waals surface area contributed by atoms with Crippen LogP contribution in [0.2, 0.25) is 0 Å². The maximum atomic E-state index is 11.7. The van der Waals surface area contributed by atoms with Crippen LogP contribution in [-0.2, 0) is 11.3 Å². The van der Waals surface area contributed by atoms with Crippen molar-refractivity contribution in [3.63, 3.8) is 0 Å². The molecule has 0 fully saturated rings. The van der Waals surface area contributed by atoms with E-state index >= 15 is 0 Å². The molecule has 3 heteroatoms. The van der Waals surface area contributed by atoms with Crippen LogP contribution < -0.4 is 10.1 Å². The summed E-state index contributed by atoms with van der Waals surface area (Å²) >= 11 is 0. The van der Waals surface area contributed by atoms with Crippen LogP contribution in [0, 0.1) is 6.92 Å². The molecule has 1 amide bonds. The van der Waals surface area contributed by atoms with Gasteiger partial charge in [0.15, 0.2) is 0 Å². The van der Waals surface area contributed by atoms with Crippen molar-refractivity contribution < 1.29 is 9.53 Å². The first kappa shape index (κ1) is 15.1. The molecule has 3 nitrogen and oxygen atoms in total. The highest BCUT2D eigenvalue weighted by Gasteiger charge is 2.02. The summed E-state index contributed by atoms with van der Waals surface area (Å²) in [5, 5.41) is 2.93. The molecule has 0 aliphatic carbocycles. The Morgan fingerprint density at radius 3 is 2.67 bits per heavy atom. The largest absolute Gasteiger partial charge is 0.494 e. The summed E-state index contributed by atoms with van der Waals surface area (Å²) in [4.78, 5) is 11.7. The molecule has 0 aliphatic heterocycles. The highest BCUT2D eigenvalue weighted by molar-refractivity contribution is 5.75. The molecule has 0 spiro atoms. The van der Waals surface area contributed by atoms with Crippen molar-refractivity contribution in [3.05, 3.63) is 65.7 Å². The lowest BCUT2D eigenvalue weighted by molar-refractivity contribution is -0.121. The average molecular weight is 283 g/mol. The van der Waals surface area contributed by atoms with Crippen molar-refractivity contribution in [2.75, 3.05) is 6.61 Å². The van der Waals surface area contributed by atoms with Crippen molar-refractivity contribution in [2.45, 2.75) is 26.3 Å². The van der Waals surface area contributed by atoms with Gasteiger partial charge in [-0.25, -0.2) is 0 Å². The molecule has 2 rings (SSSR count). The van der Waals surface area contributed by atoms with Gasteiger partial charge in [-0.2, -0.15) is 0 Å². The SMILES string of the molecule is Cc1cccc(CNC(=O)CCCOc2ccccc2)c1. The van der Waals surface area contributed by atoms with E-state index in [1.807, 2.05) is 55.5 Å². The summed E-state index contributed by atoms with van der Waals surface area (Å²) in [6, 6.07) is 17.8. The van der Waals surface area contributed by atoms with Gasteiger partial charge in [0.2, 0.25) is 5.91 Å². The molecule has 110 valence electrons. The molecule has 0 heterocycles. The van der Waals surface area contributed by atoms with Gasteiger partial charge in [0.05, 0.1) is 6.61 Å². The predicted octanol–water partition coefficient (Wildman–Crippen LogP) is 3.47. The van der Waals surface area contributed by atoms with Gasteiger partial charge in [0.25, 0.3) is 0 Å². The molecule has 1 N–H and O–H groups in total. The van der Waals surface area contributed by atoms with Crippen LogP contribution in [0.25, 0.3) is 0 Å². The number of hydrogen-bond acceptors (Lipinski definition) is 2. The Balaban J connectivity index is 1.62. The summed E-state index contributed by atoms with van der Waals surface area (Å²) in [5.41, 5.74) is 2.34. The molecule has 2 aromatic carbocycles. The first-order chi connectivity index (χ1) is 10.2. The van der Waals surface area contributed by atoms with Crippen LogP contribution in [-0.4, -0.2) is 12.5 Å². The first-order valence-corrected chi connectivity index (χ1v) is 7.24. The Labute approximate surface area is 126 Å². The third-order valence-corrected chi connectivity index (χ3v) is 3.13. The van der Waals surface area contributed by atoms with Crippen LogP contribution in [0.4, 0.5) is 0 Å². The van der Waals surface area contributed by atoms with E-state index in [1.165, 1.54) is 5.56 Å². The molecule has 0 atom stereocenters. The molecule has 0 aliphatic rings. The zero-order chi connectivity index (χ0) is 14.9. The van der Waals surface area contributed by atoms with Crippen LogP contribution in [0.1, 0.15) is 24.0 Å². The minimum atomic E-state index is 0.0631. The van der Waals surface area contributed by atoms with Crippen LogP contribution in [0.3, 0.4) is 0 Å². The number of carbonyl (C=O) groups excluding carboxylic acids is 1. The third kappa shape index (κ3) is 5.69. The van der Waals surface area contributed by atoms with Gasteiger partial charge < -0.3 is 10.1 Å². The topological polar surface area (TPSA) is 38.3 Å². The second kappa shape index (κ2) is 8.10. The maximum Gasteiger partial charge on any atom is 0.220 e. The third-order valence-electron chi connectivity index (χ3n) is 3.13. The van der Waals surface area contributed by atoms with Gasteiger partial charge in [-0.1, -0.05) is 48.0 Å². The first-order valence-electron chi connectivity index (χ1n) is 7.24. The summed E-state index contributed by atoms with van der Waals surface area (Å²) in [7, 11) is 0. The number of nitrogens with one attached hydrogen (secondary N) is 1. The van der Waals surface area contributed by atoms with Crippen LogP contribution >= 0.6 is 0 Å². The quantitative estimate of drug-likeness (QED) is 0.790. The number of benzene rings is 2. The minimum absolute atomic E-state index is 0.0631. The Morgan fingerprint density at radius 2 is 1.90 bits per heavy atom. The van der Waals surface area contributed by atoms with E-state index in [4.69, 9.17) is 4.74 Å². The molecule has 0 saturated carbocycles. The predicted molar refractivity (Wildman–Crippen MR) is 84.2 cm³/mol. The Morgan fingerprint density at radius 1 is 1.10 bits per heavy atom. The van der Waals surface area contributed by atoms with Gasteiger partial charge in [-0.3, -0.25) is 4.79 Å². The van der Waals surface area contributed by atoms with Gasteiger partial charge in [0.1, 0.15) is 5.75 Å². The number of amides is 1. The maximum absolute atomic E-state index is 11.7. The molecule has 0 radical (unpaired) electrons. The van der Waals surface area contributed by atoms with Crippen LogP contribution in [0.5, 0.6) is 5.75 Å². The van der Waals surface area contributed by atoms with E-state index in [2.05, 4.69) is 11.4 Å². The standard InChI is InChI=1S/C18H21NO2/c1-15-7-5-8-16(13-15)14-19-18(20)11-6-12-21-17-9-3-2-4-10-17/h2-5,7-10,13H,6,11-12,14H2,1H3,(H,19,20). The highest BCUT2D eigenvalue weighted by atomic mass is 16.5. The molecule has 0 aromatic heterocycles. The lowest BCUT2D eigenvalue weighted by Gasteiger charge is -2.07. The monoisotopic (exact) mass is 283 g/mol. The van der Waals surface area contributed by atoms with Crippen molar-refractivity contribution in [1.29, 1.82) is 0 Å².